The van der Waals surface area contributed by atoms with Gasteiger partial charge in [0, 0.05) is 33.9 Å². The van der Waals surface area contributed by atoms with E-state index in [-0.39, 0.29) is 23.7 Å². The van der Waals surface area contributed by atoms with Crippen LogP contribution in [0.1, 0.15) is 24.8 Å². The molecule has 1 heterocycles. The van der Waals surface area contributed by atoms with Crippen molar-refractivity contribution in [1.29, 1.82) is 0 Å². The lowest BCUT2D eigenvalue weighted by atomic mass is 10.0. The number of carboxylic acids is 1. The standard InChI is InChI=1S/C17H17BrN2O3/c18-10-1-2-13-11(6-10)9(8-19-13)5-14(16(22)23)20-15(21)12-7-17(12)3-4-17/h1-2,6,8,12,14,19H,3-5,7H2,(H,20,21)(H,22,23). The lowest BCUT2D eigenvalue weighted by Crippen LogP contribution is -2.43. The molecule has 3 N–H and O–H groups in total. The van der Waals surface area contributed by atoms with E-state index in [1.54, 1.807) is 0 Å². The predicted molar refractivity (Wildman–Crippen MR) is 89.0 cm³/mol. The second kappa shape index (κ2) is 5.09. The van der Waals surface area contributed by atoms with E-state index in [2.05, 4.69) is 26.2 Å². The molecule has 120 valence electrons. The summed E-state index contributed by atoms with van der Waals surface area (Å²) in [4.78, 5) is 26.9. The van der Waals surface area contributed by atoms with E-state index < -0.39 is 12.0 Å². The minimum atomic E-state index is -0.992. The highest BCUT2D eigenvalue weighted by atomic mass is 79.9. The molecule has 0 bridgehead atoms. The van der Waals surface area contributed by atoms with Gasteiger partial charge in [0.25, 0.3) is 0 Å². The molecular weight excluding hydrogens is 360 g/mol. The zero-order valence-corrected chi connectivity index (χ0v) is 14.0. The minimum Gasteiger partial charge on any atom is -0.480 e. The maximum absolute atomic E-state index is 12.2. The number of carbonyl (C=O) groups excluding carboxylic acids is 1. The molecule has 4 rings (SSSR count). The average molecular weight is 377 g/mol. The van der Waals surface area contributed by atoms with Gasteiger partial charge in [-0.15, -0.1) is 0 Å². The second-order valence-electron chi connectivity index (χ2n) is 6.73. The van der Waals surface area contributed by atoms with Crippen molar-refractivity contribution in [2.24, 2.45) is 11.3 Å². The molecule has 1 aromatic heterocycles. The number of carbonyl (C=O) groups is 2. The first-order valence-corrected chi connectivity index (χ1v) is 8.56. The van der Waals surface area contributed by atoms with E-state index in [0.29, 0.717) is 0 Å². The summed E-state index contributed by atoms with van der Waals surface area (Å²) in [5, 5.41) is 13.2. The minimum absolute atomic E-state index is 0.0291. The number of carboxylic acid groups (broad SMARTS) is 1. The highest BCUT2D eigenvalue weighted by molar-refractivity contribution is 9.10. The van der Waals surface area contributed by atoms with Crippen LogP contribution in [0, 0.1) is 11.3 Å². The lowest BCUT2D eigenvalue weighted by Gasteiger charge is -2.14. The summed E-state index contributed by atoms with van der Waals surface area (Å²) in [6.45, 7) is 0. The molecule has 2 aromatic rings. The van der Waals surface area contributed by atoms with Gasteiger partial charge in [-0.25, -0.2) is 4.79 Å². The number of aromatic amines is 1. The highest BCUT2D eigenvalue weighted by Gasteiger charge is 2.65. The Balaban J connectivity index is 1.52. The Morgan fingerprint density at radius 1 is 1.43 bits per heavy atom. The summed E-state index contributed by atoms with van der Waals surface area (Å²) in [6.07, 6.45) is 5.24. The summed E-state index contributed by atoms with van der Waals surface area (Å²) in [5.41, 5.74) is 2.09. The van der Waals surface area contributed by atoms with Crippen molar-refractivity contribution >= 4 is 38.7 Å². The van der Waals surface area contributed by atoms with Crippen LogP contribution in [0.15, 0.2) is 28.9 Å². The Labute approximate surface area is 141 Å². The van der Waals surface area contributed by atoms with Crippen molar-refractivity contribution in [3.63, 3.8) is 0 Å². The normalized spacial score (nSPS) is 22.0. The summed E-state index contributed by atoms with van der Waals surface area (Å²) < 4.78 is 0.940. The van der Waals surface area contributed by atoms with Crippen LogP contribution >= 0.6 is 15.9 Å². The number of hydrogen-bond acceptors (Lipinski definition) is 2. The topological polar surface area (TPSA) is 82.2 Å². The van der Waals surface area contributed by atoms with Crippen molar-refractivity contribution in [1.82, 2.24) is 10.3 Å². The van der Waals surface area contributed by atoms with Crippen molar-refractivity contribution < 1.29 is 14.7 Å². The zero-order chi connectivity index (χ0) is 16.2. The zero-order valence-electron chi connectivity index (χ0n) is 12.4. The molecule has 2 unspecified atom stereocenters. The molecule has 0 aliphatic heterocycles. The van der Waals surface area contributed by atoms with Crippen molar-refractivity contribution in [3.8, 4) is 0 Å². The quantitative estimate of drug-likeness (QED) is 0.750. The van der Waals surface area contributed by atoms with E-state index in [9.17, 15) is 14.7 Å². The van der Waals surface area contributed by atoms with Crippen molar-refractivity contribution in [2.75, 3.05) is 0 Å². The molecular formula is C17H17BrN2O3. The largest absolute Gasteiger partial charge is 0.480 e. The molecule has 0 saturated heterocycles. The maximum atomic E-state index is 12.2. The number of aliphatic carboxylic acids is 1. The molecule has 2 fully saturated rings. The third-order valence-corrected chi connectivity index (χ3v) is 5.66. The molecule has 1 spiro atoms. The van der Waals surface area contributed by atoms with E-state index in [0.717, 1.165) is 40.2 Å². The highest BCUT2D eigenvalue weighted by Crippen LogP contribution is 2.70. The molecule has 2 atom stereocenters. The van der Waals surface area contributed by atoms with Gasteiger partial charge in [0.1, 0.15) is 6.04 Å². The third kappa shape index (κ3) is 2.65. The maximum Gasteiger partial charge on any atom is 0.326 e. The van der Waals surface area contributed by atoms with Gasteiger partial charge >= 0.3 is 5.97 Å². The summed E-state index contributed by atoms with van der Waals surface area (Å²) in [5.74, 6) is -1.06. The van der Waals surface area contributed by atoms with E-state index in [1.165, 1.54) is 0 Å². The van der Waals surface area contributed by atoms with Crippen LogP contribution in [0.2, 0.25) is 0 Å². The second-order valence-corrected chi connectivity index (χ2v) is 7.64. The molecule has 5 nitrogen and oxygen atoms in total. The van der Waals surface area contributed by atoms with Crippen molar-refractivity contribution in [2.45, 2.75) is 31.7 Å². The van der Waals surface area contributed by atoms with Crippen LogP contribution in [0.3, 0.4) is 0 Å². The number of hydrogen-bond donors (Lipinski definition) is 3. The van der Waals surface area contributed by atoms with E-state index >= 15 is 0 Å². The number of H-pyrrole nitrogens is 1. The third-order valence-electron chi connectivity index (χ3n) is 5.17. The number of benzene rings is 1. The number of aromatic nitrogens is 1. The first-order valence-electron chi connectivity index (χ1n) is 7.77. The average Bonchev–Trinajstić information content (AvgIpc) is 3.41. The van der Waals surface area contributed by atoms with Gasteiger partial charge in [0.2, 0.25) is 5.91 Å². The number of rotatable bonds is 5. The number of nitrogens with one attached hydrogen (secondary N) is 2. The van der Waals surface area contributed by atoms with Crippen LogP contribution in [0.4, 0.5) is 0 Å². The lowest BCUT2D eigenvalue weighted by molar-refractivity contribution is -0.142. The summed E-state index contributed by atoms with van der Waals surface area (Å²) >= 11 is 3.43. The Kier molecular flexibility index (Phi) is 3.27. The molecule has 2 aliphatic rings. The Bertz CT molecular complexity index is 809. The van der Waals surface area contributed by atoms with Crippen LogP contribution in [-0.2, 0) is 16.0 Å². The van der Waals surface area contributed by atoms with Gasteiger partial charge in [-0.1, -0.05) is 15.9 Å². The number of fused-ring (bicyclic) bond motifs is 1. The smallest absolute Gasteiger partial charge is 0.326 e. The van der Waals surface area contributed by atoms with Crippen LogP contribution < -0.4 is 5.32 Å². The first-order chi connectivity index (χ1) is 11.0. The predicted octanol–water partition coefficient (Wildman–Crippen LogP) is 2.84. The van der Waals surface area contributed by atoms with E-state index in [1.807, 2.05) is 24.4 Å². The van der Waals surface area contributed by atoms with Gasteiger partial charge < -0.3 is 15.4 Å². The molecule has 2 aliphatic carbocycles. The molecule has 2 saturated carbocycles. The van der Waals surface area contributed by atoms with Crippen LogP contribution in [0.5, 0.6) is 0 Å². The number of amides is 1. The molecule has 0 radical (unpaired) electrons. The van der Waals surface area contributed by atoms with Crippen LogP contribution in [0.25, 0.3) is 10.9 Å². The van der Waals surface area contributed by atoms with Gasteiger partial charge in [-0.05, 0) is 48.4 Å². The Morgan fingerprint density at radius 3 is 2.87 bits per heavy atom. The van der Waals surface area contributed by atoms with Crippen LogP contribution in [-0.4, -0.2) is 28.0 Å². The first kappa shape index (κ1) is 14.8. The van der Waals surface area contributed by atoms with Gasteiger partial charge in [-0.2, -0.15) is 0 Å². The summed E-state index contributed by atoms with van der Waals surface area (Å²) in [6, 6.07) is 4.94. The Hall–Kier alpha value is -1.82. The SMILES string of the molecule is O=C(O)C(Cc1c[nH]c2ccc(Br)cc12)NC(=O)C1CC12CC2. The molecule has 23 heavy (non-hydrogen) atoms. The fourth-order valence-corrected chi connectivity index (χ4v) is 3.80. The van der Waals surface area contributed by atoms with E-state index in [4.69, 9.17) is 0 Å². The fourth-order valence-electron chi connectivity index (χ4n) is 3.44. The Morgan fingerprint density at radius 2 is 2.22 bits per heavy atom. The number of halogens is 1. The van der Waals surface area contributed by atoms with Gasteiger partial charge in [0.15, 0.2) is 0 Å². The van der Waals surface area contributed by atoms with Gasteiger partial charge in [-0.3, -0.25) is 4.79 Å². The fraction of sp³-hybridized carbons (Fsp3) is 0.412. The molecule has 6 heteroatoms. The molecule has 1 aromatic carbocycles. The monoisotopic (exact) mass is 376 g/mol. The molecule has 1 amide bonds. The summed E-state index contributed by atoms with van der Waals surface area (Å²) in [7, 11) is 0. The van der Waals surface area contributed by atoms with Crippen molar-refractivity contribution in [3.05, 3.63) is 34.4 Å². The van der Waals surface area contributed by atoms with Gasteiger partial charge in [0.05, 0.1) is 0 Å².